The molecule has 0 unspecified atom stereocenters. The van der Waals surface area contributed by atoms with Crippen LogP contribution in [0.4, 0.5) is 5.00 Å². The van der Waals surface area contributed by atoms with Gasteiger partial charge in [0, 0.05) is 11.8 Å². The third-order valence-electron chi connectivity index (χ3n) is 2.84. The first-order valence-electron chi connectivity index (χ1n) is 5.98. The van der Waals surface area contributed by atoms with Crippen molar-refractivity contribution < 1.29 is 9.53 Å². The van der Waals surface area contributed by atoms with Crippen molar-refractivity contribution in [2.45, 2.75) is 19.8 Å². The predicted molar refractivity (Wildman–Crippen MR) is 77.4 cm³/mol. The van der Waals surface area contributed by atoms with Gasteiger partial charge in [-0.1, -0.05) is 19.9 Å². The summed E-state index contributed by atoms with van der Waals surface area (Å²) in [5.41, 5.74) is 8.62. The Kier molecular flexibility index (Phi) is 3.85. The Morgan fingerprint density at radius 3 is 2.68 bits per heavy atom. The Labute approximate surface area is 116 Å². The van der Waals surface area contributed by atoms with Crippen molar-refractivity contribution >= 4 is 22.3 Å². The van der Waals surface area contributed by atoms with Gasteiger partial charge in [0.2, 0.25) is 0 Å². The minimum Gasteiger partial charge on any atom is -0.465 e. The van der Waals surface area contributed by atoms with Gasteiger partial charge in [0.15, 0.2) is 0 Å². The summed E-state index contributed by atoms with van der Waals surface area (Å²) in [6, 6.07) is 5.65. The minimum atomic E-state index is -0.345. The van der Waals surface area contributed by atoms with E-state index in [0.717, 1.165) is 16.8 Å². The number of pyridine rings is 1. The molecule has 2 aromatic heterocycles. The molecule has 0 radical (unpaired) electrons. The number of nitrogens with two attached hydrogens (primary N) is 1. The Balaban J connectivity index is 2.67. The molecule has 2 heterocycles. The molecule has 19 heavy (non-hydrogen) atoms. The zero-order valence-corrected chi connectivity index (χ0v) is 12.0. The number of anilines is 1. The molecule has 0 aliphatic rings. The van der Waals surface area contributed by atoms with E-state index < -0.39 is 0 Å². The molecule has 0 aliphatic carbocycles. The van der Waals surface area contributed by atoms with Gasteiger partial charge >= 0.3 is 5.97 Å². The van der Waals surface area contributed by atoms with Crippen LogP contribution in [0, 0.1) is 0 Å². The number of ether oxygens (including phenoxy) is 1. The third-order valence-corrected chi connectivity index (χ3v) is 3.86. The lowest BCUT2D eigenvalue weighted by molar-refractivity contribution is 0.0605. The van der Waals surface area contributed by atoms with Crippen LogP contribution >= 0.6 is 11.3 Å². The Bertz CT molecular complexity index is 591. The van der Waals surface area contributed by atoms with Crippen molar-refractivity contribution in [2.75, 3.05) is 12.8 Å². The molecule has 2 rings (SSSR count). The SMILES string of the molecule is COC(=O)c1sc(N)c(-c2ccccn2)c1C(C)C. The van der Waals surface area contributed by atoms with Gasteiger partial charge < -0.3 is 10.5 Å². The van der Waals surface area contributed by atoms with E-state index in [1.165, 1.54) is 18.4 Å². The second kappa shape index (κ2) is 5.40. The van der Waals surface area contributed by atoms with Crippen LogP contribution in [0.5, 0.6) is 0 Å². The van der Waals surface area contributed by atoms with Crippen molar-refractivity contribution in [1.82, 2.24) is 4.98 Å². The summed E-state index contributed by atoms with van der Waals surface area (Å²) in [4.78, 5) is 16.7. The number of esters is 1. The fourth-order valence-electron chi connectivity index (χ4n) is 2.03. The molecule has 0 aromatic carbocycles. The highest BCUT2D eigenvalue weighted by molar-refractivity contribution is 7.18. The average Bonchev–Trinajstić information content (AvgIpc) is 2.76. The molecule has 0 saturated carbocycles. The number of aromatic nitrogens is 1. The number of carbonyl (C=O) groups excluding carboxylic acids is 1. The number of carbonyl (C=O) groups is 1. The van der Waals surface area contributed by atoms with E-state index in [2.05, 4.69) is 4.98 Å². The number of methoxy groups -OCH3 is 1. The largest absolute Gasteiger partial charge is 0.465 e. The molecule has 0 bridgehead atoms. The number of nitrogens with zero attached hydrogens (tertiary/aromatic N) is 1. The summed E-state index contributed by atoms with van der Waals surface area (Å²) in [5, 5.41) is 0.600. The molecule has 0 saturated heterocycles. The van der Waals surface area contributed by atoms with E-state index in [9.17, 15) is 4.79 Å². The highest BCUT2D eigenvalue weighted by Gasteiger charge is 2.25. The quantitative estimate of drug-likeness (QED) is 0.873. The first kappa shape index (κ1) is 13.5. The lowest BCUT2D eigenvalue weighted by atomic mass is 9.96. The maximum absolute atomic E-state index is 11.8. The van der Waals surface area contributed by atoms with Crippen molar-refractivity contribution in [3.63, 3.8) is 0 Å². The normalized spacial score (nSPS) is 10.7. The maximum atomic E-state index is 11.8. The van der Waals surface area contributed by atoms with Gasteiger partial charge in [-0.3, -0.25) is 4.98 Å². The molecule has 5 heteroatoms. The predicted octanol–water partition coefficient (Wildman–Crippen LogP) is 3.30. The van der Waals surface area contributed by atoms with Gasteiger partial charge in [0.05, 0.1) is 17.8 Å². The monoisotopic (exact) mass is 276 g/mol. The van der Waals surface area contributed by atoms with Crippen LogP contribution in [-0.2, 0) is 4.74 Å². The highest BCUT2D eigenvalue weighted by atomic mass is 32.1. The topological polar surface area (TPSA) is 65.2 Å². The van der Waals surface area contributed by atoms with Crippen molar-refractivity contribution in [3.8, 4) is 11.3 Å². The van der Waals surface area contributed by atoms with Crippen LogP contribution in [0.3, 0.4) is 0 Å². The van der Waals surface area contributed by atoms with Crippen LogP contribution in [-0.4, -0.2) is 18.1 Å². The molecule has 0 spiro atoms. The number of nitrogen functional groups attached to an aromatic ring is 1. The standard InChI is InChI=1S/C14H16N2O2S/c1-8(2)10-11(9-6-4-5-7-16-9)13(15)19-12(10)14(17)18-3/h4-8H,15H2,1-3H3. The molecule has 0 fully saturated rings. The first-order valence-corrected chi connectivity index (χ1v) is 6.79. The van der Waals surface area contributed by atoms with Gasteiger partial charge in [-0.25, -0.2) is 4.79 Å². The molecule has 2 N–H and O–H groups in total. The minimum absolute atomic E-state index is 0.166. The van der Waals surface area contributed by atoms with E-state index in [1.54, 1.807) is 6.20 Å². The summed E-state index contributed by atoms with van der Waals surface area (Å²) in [5.74, 6) is -0.178. The second-order valence-electron chi connectivity index (χ2n) is 4.45. The molecule has 2 aromatic rings. The summed E-state index contributed by atoms with van der Waals surface area (Å²) in [6.07, 6.45) is 1.72. The Morgan fingerprint density at radius 1 is 1.42 bits per heavy atom. The molecule has 100 valence electrons. The fraction of sp³-hybridized carbons (Fsp3) is 0.286. The molecule has 0 atom stereocenters. The lowest BCUT2D eigenvalue weighted by Crippen LogP contribution is -2.04. The summed E-state index contributed by atoms with van der Waals surface area (Å²) >= 11 is 1.26. The first-order chi connectivity index (χ1) is 9.06. The van der Waals surface area contributed by atoms with E-state index in [0.29, 0.717) is 9.88 Å². The van der Waals surface area contributed by atoms with Crippen molar-refractivity contribution in [2.24, 2.45) is 0 Å². The van der Waals surface area contributed by atoms with Gasteiger partial charge in [-0.2, -0.15) is 0 Å². The van der Waals surface area contributed by atoms with Crippen LogP contribution in [0.2, 0.25) is 0 Å². The molecular weight excluding hydrogens is 260 g/mol. The maximum Gasteiger partial charge on any atom is 0.348 e. The molecular formula is C14H16N2O2S. The summed E-state index contributed by atoms with van der Waals surface area (Å²) < 4.78 is 4.83. The van der Waals surface area contributed by atoms with Gasteiger partial charge in [-0.05, 0) is 23.6 Å². The fourth-order valence-corrected chi connectivity index (χ4v) is 3.18. The van der Waals surface area contributed by atoms with E-state index in [-0.39, 0.29) is 11.9 Å². The number of rotatable bonds is 3. The van der Waals surface area contributed by atoms with Crippen molar-refractivity contribution in [1.29, 1.82) is 0 Å². The van der Waals surface area contributed by atoms with Crippen LogP contribution < -0.4 is 5.73 Å². The van der Waals surface area contributed by atoms with Gasteiger partial charge in [-0.15, -0.1) is 11.3 Å². The van der Waals surface area contributed by atoms with Gasteiger partial charge in [0.25, 0.3) is 0 Å². The average molecular weight is 276 g/mol. The number of thiophene rings is 1. The zero-order valence-electron chi connectivity index (χ0n) is 11.1. The summed E-state index contributed by atoms with van der Waals surface area (Å²) in [6.45, 7) is 4.06. The number of hydrogen-bond donors (Lipinski definition) is 1. The van der Waals surface area contributed by atoms with Crippen LogP contribution in [0.1, 0.15) is 35.0 Å². The molecule has 0 aliphatic heterocycles. The van der Waals surface area contributed by atoms with Crippen LogP contribution in [0.25, 0.3) is 11.3 Å². The smallest absolute Gasteiger partial charge is 0.348 e. The molecule has 4 nitrogen and oxygen atoms in total. The lowest BCUT2D eigenvalue weighted by Gasteiger charge is -2.10. The van der Waals surface area contributed by atoms with E-state index in [1.807, 2.05) is 32.0 Å². The highest BCUT2D eigenvalue weighted by Crippen LogP contribution is 2.42. The van der Waals surface area contributed by atoms with E-state index in [4.69, 9.17) is 10.5 Å². The number of hydrogen-bond acceptors (Lipinski definition) is 5. The van der Waals surface area contributed by atoms with Crippen molar-refractivity contribution in [3.05, 3.63) is 34.8 Å². The Hall–Kier alpha value is -1.88. The summed E-state index contributed by atoms with van der Waals surface area (Å²) in [7, 11) is 1.38. The van der Waals surface area contributed by atoms with E-state index >= 15 is 0 Å². The zero-order chi connectivity index (χ0) is 14.0. The second-order valence-corrected chi connectivity index (χ2v) is 5.50. The van der Waals surface area contributed by atoms with Crippen LogP contribution in [0.15, 0.2) is 24.4 Å². The third kappa shape index (κ3) is 2.46. The van der Waals surface area contributed by atoms with Gasteiger partial charge in [0.1, 0.15) is 4.88 Å². The molecule has 0 amide bonds. The Morgan fingerprint density at radius 2 is 2.16 bits per heavy atom.